The van der Waals surface area contributed by atoms with Crippen LogP contribution in [0.25, 0.3) is 11.6 Å². The fraction of sp³-hybridized carbons (Fsp3) is 0.269. The molecule has 0 radical (unpaired) electrons. The number of aliphatic hydroxyl groups excluding tert-OH is 1. The van der Waals surface area contributed by atoms with E-state index in [4.69, 9.17) is 14.6 Å². The molecule has 0 saturated heterocycles. The highest BCUT2D eigenvalue weighted by Crippen LogP contribution is 2.43. The lowest BCUT2D eigenvalue weighted by Gasteiger charge is -2.15. The number of amides is 1. The highest BCUT2D eigenvalue weighted by atomic mass is 32.3. The SMILES string of the molecule is COc1ccccc1Oc1c(N=S(=O)(O)c2ccc(C(C)C)s2)nc(-c2ncccn2)nc1SCC(=O)NCCO. The number of nitrogens with one attached hydrogen (secondary N) is 1. The quantitative estimate of drug-likeness (QED) is 0.148. The topological polar surface area (TPSA) is 169 Å². The number of aromatic nitrogens is 4. The molecule has 3 aromatic heterocycles. The third-order valence-corrected chi connectivity index (χ3v) is 9.40. The second-order valence-corrected chi connectivity index (χ2v) is 12.5. The van der Waals surface area contributed by atoms with Crippen molar-refractivity contribution in [1.82, 2.24) is 25.3 Å². The van der Waals surface area contributed by atoms with Crippen molar-refractivity contribution in [3.63, 3.8) is 0 Å². The second-order valence-electron chi connectivity index (χ2n) is 8.59. The number of nitrogens with zero attached hydrogens (tertiary/aromatic N) is 5. The van der Waals surface area contributed by atoms with Crippen LogP contribution in [0.1, 0.15) is 24.6 Å². The third-order valence-electron chi connectivity index (χ3n) is 5.28. The van der Waals surface area contributed by atoms with Crippen LogP contribution in [0.4, 0.5) is 5.82 Å². The van der Waals surface area contributed by atoms with Crippen LogP contribution in [0, 0.1) is 0 Å². The molecule has 1 unspecified atom stereocenters. The smallest absolute Gasteiger partial charge is 0.230 e. The van der Waals surface area contributed by atoms with Gasteiger partial charge in [0.2, 0.25) is 33.3 Å². The van der Waals surface area contributed by atoms with Crippen LogP contribution in [-0.2, 0) is 14.8 Å². The average Bonchev–Trinajstić information content (AvgIpc) is 3.49. The molecule has 0 saturated carbocycles. The van der Waals surface area contributed by atoms with Gasteiger partial charge in [-0.05, 0) is 36.2 Å². The molecule has 1 aromatic carbocycles. The number of methoxy groups -OCH3 is 1. The van der Waals surface area contributed by atoms with Crippen LogP contribution in [0.5, 0.6) is 17.2 Å². The fourth-order valence-electron chi connectivity index (χ4n) is 3.33. The number of ether oxygens (including phenoxy) is 2. The number of carbonyl (C=O) groups is 1. The third kappa shape index (κ3) is 7.77. The maximum atomic E-state index is 13.6. The first-order valence-electron chi connectivity index (χ1n) is 12.3. The maximum absolute atomic E-state index is 13.6. The van der Waals surface area contributed by atoms with Gasteiger partial charge in [0.25, 0.3) is 0 Å². The lowest BCUT2D eigenvalue weighted by atomic mass is 10.2. The summed E-state index contributed by atoms with van der Waals surface area (Å²) in [5, 5.41) is 11.8. The Morgan fingerprint density at radius 1 is 1.10 bits per heavy atom. The van der Waals surface area contributed by atoms with E-state index in [2.05, 4.69) is 29.6 Å². The number of hydrogen-bond donors (Lipinski definition) is 3. The van der Waals surface area contributed by atoms with Gasteiger partial charge in [-0.15, -0.1) is 15.7 Å². The van der Waals surface area contributed by atoms with Crippen LogP contribution in [0.3, 0.4) is 0 Å². The summed E-state index contributed by atoms with van der Waals surface area (Å²) in [6.45, 7) is 3.85. The molecule has 216 valence electrons. The summed E-state index contributed by atoms with van der Waals surface area (Å²) in [7, 11) is -2.50. The Hall–Kier alpha value is -3.63. The molecule has 3 heterocycles. The van der Waals surface area contributed by atoms with E-state index >= 15 is 0 Å². The minimum absolute atomic E-state index is 0.0132. The molecular formula is C26H28N6O6S3. The number of para-hydroxylation sites is 2. The van der Waals surface area contributed by atoms with Crippen LogP contribution < -0.4 is 14.8 Å². The van der Waals surface area contributed by atoms with E-state index in [1.165, 1.54) is 30.8 Å². The molecule has 4 aromatic rings. The van der Waals surface area contributed by atoms with Crippen LogP contribution >= 0.6 is 23.1 Å². The summed E-state index contributed by atoms with van der Waals surface area (Å²) < 4.78 is 40.6. The lowest BCUT2D eigenvalue weighted by Crippen LogP contribution is -2.27. The molecular weight excluding hydrogens is 589 g/mol. The standard InChI is InChI=1S/C26H28N6O6S3/c1-16(2)19-9-10-21(40-19)41(35,36)32-23-22(38-18-8-5-4-7-17(18)37-3)26(39-15-20(34)27-13-14-33)31-25(30-23)24-28-11-6-12-29-24/h4-12,16,33H,13-15H2,1-3H3,(H,27,34)(H,30,31,32,35,36). The lowest BCUT2D eigenvalue weighted by molar-refractivity contribution is -0.118. The molecule has 3 N–H and O–H groups in total. The Morgan fingerprint density at radius 3 is 2.49 bits per heavy atom. The van der Waals surface area contributed by atoms with Crippen LogP contribution in [0.2, 0.25) is 0 Å². The molecule has 1 atom stereocenters. The number of aliphatic hydroxyl groups is 1. The number of rotatable bonds is 12. The molecule has 0 fully saturated rings. The van der Waals surface area contributed by atoms with Gasteiger partial charge < -0.3 is 19.9 Å². The molecule has 0 spiro atoms. The van der Waals surface area contributed by atoms with E-state index < -0.39 is 10.0 Å². The van der Waals surface area contributed by atoms with Crippen molar-refractivity contribution in [3.05, 3.63) is 59.7 Å². The molecule has 41 heavy (non-hydrogen) atoms. The summed E-state index contributed by atoms with van der Waals surface area (Å²) in [6.07, 6.45) is 3.01. The normalized spacial score (nSPS) is 12.5. The van der Waals surface area contributed by atoms with E-state index in [-0.39, 0.29) is 68.9 Å². The van der Waals surface area contributed by atoms with E-state index in [1.807, 2.05) is 13.8 Å². The maximum Gasteiger partial charge on any atom is 0.230 e. The van der Waals surface area contributed by atoms with Gasteiger partial charge in [0, 0.05) is 23.8 Å². The number of thioether (sulfide) groups is 1. The summed E-state index contributed by atoms with van der Waals surface area (Å²) >= 11 is 2.18. The van der Waals surface area contributed by atoms with Crippen molar-refractivity contribution in [3.8, 4) is 28.9 Å². The van der Waals surface area contributed by atoms with Gasteiger partial charge in [-0.3, -0.25) is 9.35 Å². The summed E-state index contributed by atoms with van der Waals surface area (Å²) in [5.74, 6) is 0.201. The van der Waals surface area contributed by atoms with Crippen molar-refractivity contribution < 1.29 is 28.1 Å². The highest BCUT2D eigenvalue weighted by molar-refractivity contribution is 8.00. The van der Waals surface area contributed by atoms with Gasteiger partial charge in [0.1, 0.15) is 9.24 Å². The molecule has 15 heteroatoms. The molecule has 12 nitrogen and oxygen atoms in total. The Kier molecular flexibility index (Phi) is 10.2. The van der Waals surface area contributed by atoms with Crippen molar-refractivity contribution in [2.75, 3.05) is 26.0 Å². The van der Waals surface area contributed by atoms with Gasteiger partial charge in [0.05, 0.1) is 19.5 Å². The largest absolute Gasteiger partial charge is 0.493 e. The van der Waals surface area contributed by atoms with Crippen molar-refractivity contribution in [2.45, 2.75) is 29.0 Å². The predicted octanol–water partition coefficient (Wildman–Crippen LogP) is 4.75. The van der Waals surface area contributed by atoms with E-state index in [9.17, 15) is 13.6 Å². The van der Waals surface area contributed by atoms with Gasteiger partial charge >= 0.3 is 0 Å². The molecule has 0 bridgehead atoms. The first-order chi connectivity index (χ1) is 19.7. The number of carbonyl (C=O) groups excluding carboxylic acids is 1. The number of thiophene rings is 1. The molecule has 0 aliphatic carbocycles. The van der Waals surface area contributed by atoms with Gasteiger partial charge in [0.15, 0.2) is 17.3 Å². The molecule has 1 amide bonds. The van der Waals surface area contributed by atoms with E-state index in [1.54, 1.807) is 42.5 Å². The fourth-order valence-corrected chi connectivity index (χ4v) is 6.38. The Bertz CT molecular complexity index is 1620. The highest BCUT2D eigenvalue weighted by Gasteiger charge is 2.24. The van der Waals surface area contributed by atoms with Crippen LogP contribution in [0.15, 0.2) is 68.5 Å². The van der Waals surface area contributed by atoms with Crippen LogP contribution in [-0.4, -0.2) is 65.7 Å². The van der Waals surface area contributed by atoms with Gasteiger partial charge in [-0.25, -0.2) is 24.1 Å². The Labute approximate surface area is 245 Å². The van der Waals surface area contributed by atoms with Gasteiger partial charge in [-0.1, -0.05) is 37.7 Å². The first kappa shape index (κ1) is 30.3. The zero-order valence-corrected chi connectivity index (χ0v) is 24.8. The number of benzene rings is 1. The summed E-state index contributed by atoms with van der Waals surface area (Å²) in [5.41, 5.74) is 0. The number of hydrogen-bond acceptors (Lipinski definition) is 12. The minimum atomic E-state index is -3.98. The summed E-state index contributed by atoms with van der Waals surface area (Å²) in [4.78, 5) is 30.7. The monoisotopic (exact) mass is 616 g/mol. The minimum Gasteiger partial charge on any atom is -0.493 e. The Morgan fingerprint density at radius 2 is 1.83 bits per heavy atom. The zero-order valence-electron chi connectivity index (χ0n) is 22.4. The second kappa shape index (κ2) is 13.8. The van der Waals surface area contributed by atoms with Crippen molar-refractivity contribution in [1.29, 1.82) is 0 Å². The first-order valence-corrected chi connectivity index (χ1v) is 15.6. The van der Waals surface area contributed by atoms with Gasteiger partial charge in [-0.2, -0.15) is 0 Å². The molecule has 4 rings (SSSR count). The summed E-state index contributed by atoms with van der Waals surface area (Å²) in [6, 6.07) is 11.8. The predicted molar refractivity (Wildman–Crippen MR) is 156 cm³/mol. The Balaban J connectivity index is 1.91. The van der Waals surface area contributed by atoms with Crippen molar-refractivity contribution in [2.24, 2.45) is 4.36 Å². The average molecular weight is 617 g/mol. The zero-order chi connectivity index (χ0) is 29.4. The molecule has 0 aliphatic heterocycles. The van der Waals surface area contributed by atoms with E-state index in [0.717, 1.165) is 16.6 Å². The van der Waals surface area contributed by atoms with Crippen molar-refractivity contribution >= 4 is 44.8 Å². The van der Waals surface area contributed by atoms with E-state index in [0.29, 0.717) is 5.75 Å². The molecule has 0 aliphatic rings.